The van der Waals surface area contributed by atoms with Gasteiger partial charge in [0, 0.05) is 58.5 Å². The van der Waals surface area contributed by atoms with E-state index in [-0.39, 0.29) is 54.8 Å². The number of ether oxygens (including phenoxy) is 5. The number of ketones is 3. The molecule has 0 aromatic heterocycles. The zero-order valence-corrected chi connectivity index (χ0v) is 40.6. The Labute approximate surface area is 387 Å². The van der Waals surface area contributed by atoms with Gasteiger partial charge in [-0.15, -0.1) is 0 Å². The van der Waals surface area contributed by atoms with E-state index in [2.05, 4.69) is 0 Å². The van der Waals surface area contributed by atoms with Gasteiger partial charge in [0.25, 0.3) is 11.7 Å². The second kappa shape index (κ2) is 25.1. The molecule has 3 N–H and O–H groups in total. The van der Waals surface area contributed by atoms with E-state index in [9.17, 15) is 39.3 Å². The van der Waals surface area contributed by atoms with Gasteiger partial charge >= 0.3 is 5.97 Å². The van der Waals surface area contributed by atoms with E-state index in [4.69, 9.17) is 23.7 Å². The molecule has 14 nitrogen and oxygen atoms in total. The first-order valence-electron chi connectivity index (χ1n) is 23.9. The van der Waals surface area contributed by atoms with E-state index in [0.717, 1.165) is 12.0 Å². The van der Waals surface area contributed by atoms with Crippen molar-refractivity contribution in [3.8, 4) is 0 Å². The fourth-order valence-corrected chi connectivity index (χ4v) is 10.1. The number of nitrogens with zero attached hydrogens (tertiary/aromatic N) is 1. The number of aliphatic hydroxyl groups excluding tert-OH is 2. The van der Waals surface area contributed by atoms with Crippen LogP contribution in [-0.4, -0.2) is 132 Å². The summed E-state index contributed by atoms with van der Waals surface area (Å²) in [6.07, 6.45) is 11.2. The molecule has 3 fully saturated rings. The number of hydrogen-bond acceptors (Lipinski definition) is 13. The number of piperidine rings is 1. The summed E-state index contributed by atoms with van der Waals surface area (Å²) in [6, 6.07) is -1.14. The number of allylic oxidation sites excluding steroid dienone is 6. The van der Waals surface area contributed by atoms with E-state index >= 15 is 0 Å². The standard InChI is InChI=1S/C51H79NO13/c1-30-16-12-11-13-17-31(2)42(61-8)28-38-21-19-36(7)51(60,65-38)48(57)49(58)52-23-15-14-18-39(52)50(59)64-43(33(4)26-37-20-22-40(53)44(27-37)62-9)29-41(54)32(3)25-35(6)46(56)47(63-10)45(55)34(5)24-30/h11-13,16-17,25,30,32-34,36-40,42-44,46-47,53,56,60H,14-15,18-24,26-29H2,1-10H3/t30-,32-,33-,34-,36-,37+,38+,39+,40-,42-,43+,44-,46-,47+,51-/m1/s1. The summed E-state index contributed by atoms with van der Waals surface area (Å²) < 4.78 is 29.4. The van der Waals surface area contributed by atoms with Crippen LogP contribution in [0.15, 0.2) is 47.6 Å². The van der Waals surface area contributed by atoms with E-state index in [0.29, 0.717) is 63.4 Å². The predicted molar refractivity (Wildman–Crippen MR) is 245 cm³/mol. The fourth-order valence-electron chi connectivity index (χ4n) is 10.1. The molecular formula is C51H79NO13. The van der Waals surface area contributed by atoms with Crippen molar-refractivity contribution in [2.24, 2.45) is 35.5 Å². The maximum absolute atomic E-state index is 14.4. The van der Waals surface area contributed by atoms with Gasteiger partial charge in [0.05, 0.1) is 24.4 Å². The number of amides is 1. The van der Waals surface area contributed by atoms with Crippen LogP contribution in [0.1, 0.15) is 126 Å². The minimum Gasteiger partial charge on any atom is -0.460 e. The van der Waals surface area contributed by atoms with Gasteiger partial charge in [-0.1, -0.05) is 71.1 Å². The summed E-state index contributed by atoms with van der Waals surface area (Å²) >= 11 is 0. The Morgan fingerprint density at radius 2 is 1.57 bits per heavy atom. The maximum Gasteiger partial charge on any atom is 0.329 e. The average molecular weight is 914 g/mol. The van der Waals surface area contributed by atoms with Gasteiger partial charge in [-0.2, -0.15) is 0 Å². The van der Waals surface area contributed by atoms with Gasteiger partial charge in [0.1, 0.15) is 30.1 Å². The molecule has 0 spiro atoms. The lowest BCUT2D eigenvalue weighted by molar-refractivity contribution is -0.265. The van der Waals surface area contributed by atoms with Gasteiger partial charge in [-0.05, 0) is 107 Å². The lowest BCUT2D eigenvalue weighted by Crippen LogP contribution is -2.61. The van der Waals surface area contributed by atoms with Crippen molar-refractivity contribution < 1.29 is 63.0 Å². The summed E-state index contributed by atoms with van der Waals surface area (Å²) in [6.45, 7) is 12.7. The highest BCUT2D eigenvalue weighted by Gasteiger charge is 2.53. The molecule has 1 saturated carbocycles. The topological polar surface area (TPSA) is 195 Å². The van der Waals surface area contributed by atoms with Gasteiger partial charge in [-0.3, -0.25) is 19.2 Å². The molecule has 3 aliphatic heterocycles. The van der Waals surface area contributed by atoms with Gasteiger partial charge in [0.15, 0.2) is 5.78 Å². The van der Waals surface area contributed by atoms with E-state index in [1.165, 1.54) is 12.0 Å². The number of rotatable bonds is 6. The van der Waals surface area contributed by atoms with Crippen LogP contribution >= 0.6 is 0 Å². The summed E-state index contributed by atoms with van der Waals surface area (Å²) in [5, 5.41) is 33.8. The number of esters is 1. The zero-order chi connectivity index (χ0) is 48.2. The predicted octanol–water partition coefficient (Wildman–Crippen LogP) is 6.18. The average Bonchev–Trinajstić information content (AvgIpc) is 3.28. The van der Waals surface area contributed by atoms with Crippen LogP contribution in [0, 0.1) is 35.5 Å². The molecule has 2 bridgehead atoms. The quantitative estimate of drug-likeness (QED) is 0.156. The summed E-state index contributed by atoms with van der Waals surface area (Å²) in [7, 11) is 4.52. The molecule has 0 aromatic carbocycles. The number of carbonyl (C=O) groups is 5. The Bertz CT molecular complexity index is 1760. The van der Waals surface area contributed by atoms with Gasteiger partial charge in [0.2, 0.25) is 5.79 Å². The third kappa shape index (κ3) is 14.3. The molecule has 15 atom stereocenters. The lowest BCUT2D eigenvalue weighted by Gasteiger charge is -2.42. The molecule has 2 saturated heterocycles. The van der Waals surface area contributed by atoms with Crippen LogP contribution < -0.4 is 0 Å². The van der Waals surface area contributed by atoms with Crippen LogP contribution in [-0.2, 0) is 47.7 Å². The van der Waals surface area contributed by atoms with Crippen molar-refractivity contribution >= 4 is 29.2 Å². The Morgan fingerprint density at radius 3 is 2.25 bits per heavy atom. The molecule has 4 aliphatic rings. The second-order valence-electron chi connectivity index (χ2n) is 19.6. The van der Waals surface area contributed by atoms with Crippen LogP contribution in [0.5, 0.6) is 0 Å². The van der Waals surface area contributed by atoms with Crippen LogP contribution in [0.4, 0.5) is 0 Å². The van der Waals surface area contributed by atoms with Gasteiger partial charge in [-0.25, -0.2) is 4.79 Å². The maximum atomic E-state index is 14.4. The molecule has 14 heteroatoms. The fraction of sp³-hybridized carbons (Fsp3) is 0.745. The smallest absolute Gasteiger partial charge is 0.329 e. The highest BCUT2D eigenvalue weighted by molar-refractivity contribution is 6.39. The van der Waals surface area contributed by atoms with Gasteiger partial charge < -0.3 is 43.9 Å². The highest BCUT2D eigenvalue weighted by Crippen LogP contribution is 2.38. The van der Waals surface area contributed by atoms with Crippen molar-refractivity contribution in [3.05, 3.63) is 47.6 Å². The number of hydrogen-bond donors (Lipinski definition) is 3. The minimum atomic E-state index is -2.43. The molecule has 1 aliphatic carbocycles. The molecule has 366 valence electrons. The summed E-state index contributed by atoms with van der Waals surface area (Å²) in [4.78, 5) is 71.8. The van der Waals surface area contributed by atoms with Crippen molar-refractivity contribution in [1.82, 2.24) is 4.90 Å². The van der Waals surface area contributed by atoms with Crippen LogP contribution in [0.2, 0.25) is 0 Å². The van der Waals surface area contributed by atoms with E-state index < -0.39 is 83.9 Å². The molecule has 0 radical (unpaired) electrons. The number of cyclic esters (lactones) is 1. The Balaban J connectivity index is 1.70. The van der Waals surface area contributed by atoms with Crippen molar-refractivity contribution in [2.45, 2.75) is 180 Å². The largest absolute Gasteiger partial charge is 0.460 e. The van der Waals surface area contributed by atoms with E-state index in [1.807, 2.05) is 58.1 Å². The molecule has 0 unspecified atom stereocenters. The number of aliphatic hydroxyl groups is 3. The first-order chi connectivity index (χ1) is 30.7. The normalized spacial score (nSPS) is 37.8. The molecule has 4 rings (SSSR count). The third-order valence-corrected chi connectivity index (χ3v) is 14.5. The Kier molecular flexibility index (Phi) is 21.0. The van der Waals surface area contributed by atoms with Crippen LogP contribution in [0.3, 0.4) is 0 Å². The number of carbonyl (C=O) groups excluding carboxylic acids is 5. The van der Waals surface area contributed by atoms with Crippen LogP contribution in [0.25, 0.3) is 0 Å². The Morgan fingerprint density at radius 1 is 0.846 bits per heavy atom. The van der Waals surface area contributed by atoms with Crippen molar-refractivity contribution in [1.29, 1.82) is 0 Å². The summed E-state index contributed by atoms with van der Waals surface area (Å²) in [5.41, 5.74) is 1.27. The molecule has 0 aromatic rings. The van der Waals surface area contributed by atoms with Crippen molar-refractivity contribution in [2.75, 3.05) is 27.9 Å². The third-order valence-electron chi connectivity index (χ3n) is 14.5. The SMILES string of the molecule is CO[C@@H]1C[C@@H]2CC[C@@H](C)[C@@](O)(O2)C(=O)C(=O)N2CCCC[C@H]2C(=O)O[C@H]([C@H](C)C[C@@H]2CC[C@@H](O)[C@H](OC)C2)CC(=O)[C@H](C)C=C(C)[C@@H](O)[C@@H](OC)C(=O)[C@H](C)C[C@H](C)C=CC=CC=C1C. The molecule has 65 heavy (non-hydrogen) atoms. The lowest BCUT2D eigenvalue weighted by atomic mass is 9.78. The first kappa shape index (κ1) is 54.2. The minimum absolute atomic E-state index is 0.0193. The Hall–Kier alpha value is -3.37. The summed E-state index contributed by atoms with van der Waals surface area (Å²) in [5.74, 6) is -7.96. The highest BCUT2D eigenvalue weighted by atomic mass is 16.6. The number of Topliss-reactive ketones (excluding diaryl/α,β-unsaturated/α-hetero) is 3. The second-order valence-corrected chi connectivity index (χ2v) is 19.6. The van der Waals surface area contributed by atoms with Crippen molar-refractivity contribution in [3.63, 3.8) is 0 Å². The number of fused-ring (bicyclic) bond motifs is 3. The molecule has 3 heterocycles. The molecular weight excluding hydrogens is 835 g/mol. The first-order valence-corrected chi connectivity index (χ1v) is 23.9. The monoisotopic (exact) mass is 914 g/mol. The van der Waals surface area contributed by atoms with E-state index in [1.54, 1.807) is 41.1 Å². The number of methoxy groups -OCH3 is 3. The molecule has 1 amide bonds. The zero-order valence-electron chi connectivity index (χ0n) is 40.6.